The molecular weight excluding hydrogens is 372 g/mol. The largest absolute Gasteiger partial charge is 0.329 e. The quantitative estimate of drug-likeness (QED) is 0.520. The first-order valence-electron chi connectivity index (χ1n) is 8.95. The fourth-order valence-electron chi connectivity index (χ4n) is 3.10. The highest BCUT2D eigenvalue weighted by Crippen LogP contribution is 2.28. The van der Waals surface area contributed by atoms with Gasteiger partial charge in [0.25, 0.3) is 0 Å². The molecule has 0 radical (unpaired) electrons. The van der Waals surface area contributed by atoms with E-state index in [1.54, 1.807) is 6.20 Å². The Balaban J connectivity index is 1.63. The molecule has 0 saturated heterocycles. The molecule has 6 nitrogen and oxygen atoms in total. The van der Waals surface area contributed by atoms with Crippen molar-refractivity contribution in [2.45, 2.75) is 13.8 Å². The minimum Gasteiger partial charge on any atom is -0.329 e. The summed E-state index contributed by atoms with van der Waals surface area (Å²) in [6.45, 7) is 4.04. The fraction of sp³-hybridized carbons (Fsp3) is 0.190. The van der Waals surface area contributed by atoms with Crippen molar-refractivity contribution in [2.75, 3.05) is 17.3 Å². The molecule has 0 amide bonds. The van der Waals surface area contributed by atoms with Crippen LogP contribution >= 0.6 is 11.6 Å². The summed E-state index contributed by atoms with van der Waals surface area (Å²) in [5, 5.41) is 9.63. The number of benzene rings is 2. The van der Waals surface area contributed by atoms with Gasteiger partial charge < -0.3 is 10.2 Å². The minimum absolute atomic E-state index is 0.532. The number of aryl methyl sites for hydroxylation is 3. The molecule has 4 rings (SSSR count). The maximum Gasteiger partial charge on any atom is 0.229 e. The number of nitrogens with zero attached hydrogens (tertiary/aromatic N) is 5. The molecular formula is C21H21ClN6. The third kappa shape index (κ3) is 3.39. The highest BCUT2D eigenvalue weighted by molar-refractivity contribution is 6.31. The van der Waals surface area contributed by atoms with Gasteiger partial charge in [0.2, 0.25) is 5.95 Å². The predicted molar refractivity (Wildman–Crippen MR) is 115 cm³/mol. The summed E-state index contributed by atoms with van der Waals surface area (Å²) in [5.74, 6) is 1.33. The van der Waals surface area contributed by atoms with E-state index in [0.717, 1.165) is 44.4 Å². The summed E-state index contributed by atoms with van der Waals surface area (Å²) in [4.78, 5) is 11.0. The predicted octanol–water partition coefficient (Wildman–Crippen LogP) is 5.15. The van der Waals surface area contributed by atoms with Gasteiger partial charge >= 0.3 is 0 Å². The number of fused-ring (bicyclic) bond motifs is 1. The van der Waals surface area contributed by atoms with Gasteiger partial charge in [-0.25, -0.2) is 4.98 Å². The van der Waals surface area contributed by atoms with Gasteiger partial charge in [-0.05, 0) is 61.9 Å². The Morgan fingerprint density at radius 1 is 1.07 bits per heavy atom. The molecule has 0 atom stereocenters. The first-order chi connectivity index (χ1) is 13.4. The van der Waals surface area contributed by atoms with E-state index in [0.29, 0.717) is 5.95 Å². The minimum atomic E-state index is 0.532. The lowest BCUT2D eigenvalue weighted by Crippen LogP contribution is -2.12. The van der Waals surface area contributed by atoms with Crippen molar-refractivity contribution >= 4 is 45.6 Å². The molecule has 0 aliphatic heterocycles. The second-order valence-corrected chi connectivity index (χ2v) is 7.20. The van der Waals surface area contributed by atoms with Gasteiger partial charge in [0.05, 0.1) is 5.52 Å². The van der Waals surface area contributed by atoms with Crippen LogP contribution in [0.3, 0.4) is 0 Å². The number of halogens is 1. The zero-order chi connectivity index (χ0) is 19.8. The van der Waals surface area contributed by atoms with E-state index in [2.05, 4.69) is 33.4 Å². The smallest absolute Gasteiger partial charge is 0.229 e. The molecule has 2 heterocycles. The van der Waals surface area contributed by atoms with E-state index in [9.17, 15) is 0 Å². The third-order valence-electron chi connectivity index (χ3n) is 4.90. The van der Waals surface area contributed by atoms with Crippen LogP contribution in [0.2, 0.25) is 5.02 Å². The third-order valence-corrected chi connectivity index (χ3v) is 5.32. The molecule has 28 heavy (non-hydrogen) atoms. The molecule has 0 aliphatic carbocycles. The Kier molecular flexibility index (Phi) is 4.65. The molecule has 0 aliphatic rings. The van der Waals surface area contributed by atoms with Crippen molar-refractivity contribution in [3.8, 4) is 0 Å². The van der Waals surface area contributed by atoms with Crippen molar-refractivity contribution in [1.29, 1.82) is 0 Å². The van der Waals surface area contributed by atoms with Gasteiger partial charge in [-0.1, -0.05) is 11.6 Å². The van der Waals surface area contributed by atoms with Gasteiger partial charge in [-0.15, -0.1) is 0 Å². The Morgan fingerprint density at radius 2 is 1.89 bits per heavy atom. The Bertz CT molecular complexity index is 1170. The Labute approximate surface area is 168 Å². The van der Waals surface area contributed by atoms with Crippen LogP contribution in [0, 0.1) is 13.8 Å². The Morgan fingerprint density at radius 3 is 2.68 bits per heavy atom. The zero-order valence-electron chi connectivity index (χ0n) is 16.2. The standard InChI is InChI=1S/C21H21ClN6/c1-13-11-15(5-7-18(13)22)24-21-23-10-9-20(25-21)27(3)16-6-8-19-17(12-16)14(2)28(4)26-19/h5-12H,1-4H3,(H,23,24,25). The summed E-state index contributed by atoms with van der Waals surface area (Å²) < 4.78 is 1.90. The molecule has 0 bridgehead atoms. The first-order valence-corrected chi connectivity index (χ1v) is 9.33. The maximum atomic E-state index is 6.10. The number of rotatable bonds is 4. The average Bonchev–Trinajstić information content (AvgIpc) is 2.98. The highest BCUT2D eigenvalue weighted by Gasteiger charge is 2.11. The molecule has 4 aromatic rings. The SMILES string of the molecule is Cc1cc(Nc2nccc(N(C)c3ccc4nn(C)c(C)c4c3)n2)ccc1Cl. The van der Waals surface area contributed by atoms with Crippen LogP contribution in [0.25, 0.3) is 10.9 Å². The normalized spacial score (nSPS) is 11.0. The van der Waals surface area contributed by atoms with E-state index < -0.39 is 0 Å². The second-order valence-electron chi connectivity index (χ2n) is 6.80. The van der Waals surface area contributed by atoms with E-state index in [-0.39, 0.29) is 0 Å². The molecule has 2 aromatic carbocycles. The summed E-state index contributed by atoms with van der Waals surface area (Å²) in [7, 11) is 3.95. The number of hydrogen-bond acceptors (Lipinski definition) is 5. The van der Waals surface area contributed by atoms with Crippen molar-refractivity contribution < 1.29 is 0 Å². The summed E-state index contributed by atoms with van der Waals surface area (Å²) in [6.07, 6.45) is 1.75. The van der Waals surface area contributed by atoms with Crippen molar-refractivity contribution in [2.24, 2.45) is 7.05 Å². The topological polar surface area (TPSA) is 58.9 Å². The van der Waals surface area contributed by atoms with Crippen molar-refractivity contribution in [3.63, 3.8) is 0 Å². The molecule has 1 N–H and O–H groups in total. The van der Waals surface area contributed by atoms with E-state index >= 15 is 0 Å². The van der Waals surface area contributed by atoms with Gasteiger partial charge in [0.1, 0.15) is 5.82 Å². The monoisotopic (exact) mass is 392 g/mol. The number of nitrogens with one attached hydrogen (secondary N) is 1. The van der Waals surface area contributed by atoms with Gasteiger partial charge in [-0.2, -0.15) is 10.1 Å². The highest BCUT2D eigenvalue weighted by atomic mass is 35.5. The van der Waals surface area contributed by atoms with Crippen LogP contribution in [0.4, 0.5) is 23.1 Å². The van der Waals surface area contributed by atoms with Crippen LogP contribution in [-0.2, 0) is 7.05 Å². The lowest BCUT2D eigenvalue weighted by molar-refractivity contribution is 0.751. The molecule has 0 fully saturated rings. The average molecular weight is 393 g/mol. The summed E-state index contributed by atoms with van der Waals surface area (Å²) >= 11 is 6.10. The summed E-state index contributed by atoms with van der Waals surface area (Å²) in [6, 6.07) is 13.8. The van der Waals surface area contributed by atoms with Crippen LogP contribution in [-0.4, -0.2) is 26.8 Å². The van der Waals surface area contributed by atoms with Gasteiger partial charge in [0.15, 0.2) is 0 Å². The van der Waals surface area contributed by atoms with Gasteiger partial charge in [-0.3, -0.25) is 4.68 Å². The van der Waals surface area contributed by atoms with Crippen LogP contribution in [0.15, 0.2) is 48.7 Å². The zero-order valence-corrected chi connectivity index (χ0v) is 17.0. The van der Waals surface area contributed by atoms with Crippen molar-refractivity contribution in [3.05, 3.63) is 64.9 Å². The molecule has 2 aromatic heterocycles. The molecule has 7 heteroatoms. The maximum absolute atomic E-state index is 6.10. The molecule has 142 valence electrons. The van der Waals surface area contributed by atoms with E-state index in [1.807, 2.05) is 67.0 Å². The van der Waals surface area contributed by atoms with Crippen LogP contribution in [0.1, 0.15) is 11.3 Å². The summed E-state index contributed by atoms with van der Waals surface area (Å²) in [5.41, 5.74) is 5.05. The molecule has 0 spiro atoms. The van der Waals surface area contributed by atoms with Crippen LogP contribution < -0.4 is 10.2 Å². The van der Waals surface area contributed by atoms with E-state index in [1.165, 1.54) is 0 Å². The lowest BCUT2D eigenvalue weighted by atomic mass is 10.2. The van der Waals surface area contributed by atoms with E-state index in [4.69, 9.17) is 11.6 Å². The Hall–Kier alpha value is -3.12. The van der Waals surface area contributed by atoms with Crippen LogP contribution in [0.5, 0.6) is 0 Å². The number of hydrogen-bond donors (Lipinski definition) is 1. The first kappa shape index (κ1) is 18.3. The molecule has 0 unspecified atom stereocenters. The fourth-order valence-corrected chi connectivity index (χ4v) is 3.22. The lowest BCUT2D eigenvalue weighted by Gasteiger charge is -2.19. The van der Waals surface area contributed by atoms with Crippen molar-refractivity contribution in [1.82, 2.24) is 19.7 Å². The number of aromatic nitrogens is 4. The second kappa shape index (κ2) is 7.13. The number of anilines is 4. The van der Waals surface area contributed by atoms with Gasteiger partial charge in [0, 0.05) is 47.8 Å². The molecule has 0 saturated carbocycles.